The van der Waals surface area contributed by atoms with Crippen molar-refractivity contribution in [2.45, 2.75) is 6.92 Å². The summed E-state index contributed by atoms with van der Waals surface area (Å²) in [5.41, 5.74) is 1.24. The zero-order valence-corrected chi connectivity index (χ0v) is 10.6. The van der Waals surface area contributed by atoms with Gasteiger partial charge in [0.05, 0.1) is 17.7 Å². The van der Waals surface area contributed by atoms with E-state index in [1.165, 1.54) is 0 Å². The van der Waals surface area contributed by atoms with Gasteiger partial charge < -0.3 is 5.32 Å². The Bertz CT molecular complexity index is 597. The number of nitriles is 1. The molecule has 0 saturated heterocycles. The van der Waals surface area contributed by atoms with Crippen LogP contribution in [0.4, 0.5) is 0 Å². The molecule has 5 heteroatoms. The van der Waals surface area contributed by atoms with Gasteiger partial charge in [-0.15, -0.1) is 0 Å². The van der Waals surface area contributed by atoms with Crippen LogP contribution in [-0.4, -0.2) is 22.2 Å². The highest BCUT2D eigenvalue weighted by Crippen LogP contribution is 2.06. The van der Waals surface area contributed by atoms with E-state index in [1.54, 1.807) is 23.9 Å². The van der Waals surface area contributed by atoms with E-state index in [9.17, 15) is 4.79 Å². The first-order valence-electron chi connectivity index (χ1n) is 5.99. The standard InChI is InChI=1S/C14H14N4O/c1-11(9-15)10-16-14(19)13-7-8-18(17-13)12-5-3-2-4-6-12/h2-8,11H,10H2,1H3,(H,16,19)/t11-/m0/s1. The first kappa shape index (κ1) is 12.8. The molecule has 19 heavy (non-hydrogen) atoms. The smallest absolute Gasteiger partial charge is 0.271 e. The van der Waals surface area contributed by atoms with E-state index in [1.807, 2.05) is 30.3 Å². The summed E-state index contributed by atoms with van der Waals surface area (Å²) < 4.78 is 1.64. The maximum absolute atomic E-state index is 11.8. The average molecular weight is 254 g/mol. The van der Waals surface area contributed by atoms with E-state index in [-0.39, 0.29) is 11.8 Å². The van der Waals surface area contributed by atoms with Crippen molar-refractivity contribution >= 4 is 5.91 Å². The molecule has 1 atom stereocenters. The van der Waals surface area contributed by atoms with Crippen LogP contribution in [0, 0.1) is 17.2 Å². The Morgan fingerprint density at radius 1 is 1.42 bits per heavy atom. The molecule has 0 fully saturated rings. The van der Waals surface area contributed by atoms with Crippen LogP contribution < -0.4 is 5.32 Å². The van der Waals surface area contributed by atoms with Crippen molar-refractivity contribution in [3.8, 4) is 11.8 Å². The second-order valence-electron chi connectivity index (χ2n) is 4.22. The molecule has 0 aliphatic carbocycles. The Balaban J connectivity index is 2.05. The number of aromatic nitrogens is 2. The van der Waals surface area contributed by atoms with E-state index < -0.39 is 0 Å². The zero-order valence-electron chi connectivity index (χ0n) is 10.6. The number of rotatable bonds is 4. The fourth-order valence-corrected chi connectivity index (χ4v) is 1.55. The maximum Gasteiger partial charge on any atom is 0.271 e. The molecular formula is C14H14N4O. The fourth-order valence-electron chi connectivity index (χ4n) is 1.55. The van der Waals surface area contributed by atoms with Crippen LogP contribution in [0.1, 0.15) is 17.4 Å². The third kappa shape index (κ3) is 3.19. The minimum absolute atomic E-state index is 0.208. The molecule has 1 heterocycles. The van der Waals surface area contributed by atoms with Crippen molar-refractivity contribution in [2.24, 2.45) is 5.92 Å². The van der Waals surface area contributed by atoms with Crippen molar-refractivity contribution in [2.75, 3.05) is 6.54 Å². The van der Waals surface area contributed by atoms with Gasteiger partial charge in [-0.05, 0) is 25.1 Å². The summed E-state index contributed by atoms with van der Waals surface area (Å²) in [5.74, 6) is -0.475. The van der Waals surface area contributed by atoms with E-state index in [0.717, 1.165) is 5.69 Å². The predicted molar refractivity (Wildman–Crippen MR) is 70.7 cm³/mol. The van der Waals surface area contributed by atoms with Crippen LogP contribution in [0.5, 0.6) is 0 Å². The molecule has 0 spiro atoms. The number of amides is 1. The molecule has 1 aromatic carbocycles. The molecule has 0 radical (unpaired) electrons. The van der Waals surface area contributed by atoms with Gasteiger partial charge in [0.1, 0.15) is 0 Å². The summed E-state index contributed by atoms with van der Waals surface area (Å²) in [6.07, 6.45) is 1.73. The average Bonchev–Trinajstić information content (AvgIpc) is 2.95. The first-order valence-corrected chi connectivity index (χ1v) is 5.99. The predicted octanol–water partition coefficient (Wildman–Crippen LogP) is 1.76. The van der Waals surface area contributed by atoms with Gasteiger partial charge in [0.2, 0.25) is 0 Å². The van der Waals surface area contributed by atoms with Gasteiger partial charge in [0, 0.05) is 12.7 Å². The molecule has 0 bridgehead atoms. The van der Waals surface area contributed by atoms with E-state index in [0.29, 0.717) is 12.2 Å². The lowest BCUT2D eigenvalue weighted by molar-refractivity contribution is 0.0945. The molecule has 2 rings (SSSR count). The van der Waals surface area contributed by atoms with Gasteiger partial charge in [0.25, 0.3) is 5.91 Å². The van der Waals surface area contributed by atoms with Crippen LogP contribution in [0.25, 0.3) is 5.69 Å². The van der Waals surface area contributed by atoms with Crippen LogP contribution >= 0.6 is 0 Å². The van der Waals surface area contributed by atoms with Crippen molar-refractivity contribution in [1.29, 1.82) is 5.26 Å². The summed E-state index contributed by atoms with van der Waals surface area (Å²) in [4.78, 5) is 11.8. The Kier molecular flexibility index (Phi) is 3.94. The Morgan fingerprint density at radius 2 is 2.16 bits per heavy atom. The lowest BCUT2D eigenvalue weighted by atomic mass is 10.2. The Morgan fingerprint density at radius 3 is 2.84 bits per heavy atom. The number of carbonyl (C=O) groups is 1. The van der Waals surface area contributed by atoms with Gasteiger partial charge in [-0.25, -0.2) is 4.68 Å². The van der Waals surface area contributed by atoms with E-state index in [4.69, 9.17) is 5.26 Å². The van der Waals surface area contributed by atoms with E-state index in [2.05, 4.69) is 16.5 Å². The Labute approximate surface area is 111 Å². The quantitative estimate of drug-likeness (QED) is 0.903. The largest absolute Gasteiger partial charge is 0.349 e. The molecule has 96 valence electrons. The number of nitrogens with one attached hydrogen (secondary N) is 1. The molecular weight excluding hydrogens is 240 g/mol. The normalized spacial score (nSPS) is 11.6. The third-order valence-electron chi connectivity index (χ3n) is 2.63. The number of carbonyl (C=O) groups excluding carboxylic acids is 1. The highest BCUT2D eigenvalue weighted by atomic mass is 16.1. The molecule has 1 N–H and O–H groups in total. The molecule has 0 saturated carbocycles. The summed E-state index contributed by atoms with van der Waals surface area (Å²) in [7, 11) is 0. The fraction of sp³-hybridized carbons (Fsp3) is 0.214. The third-order valence-corrected chi connectivity index (χ3v) is 2.63. The highest BCUT2D eigenvalue weighted by molar-refractivity contribution is 5.92. The number of benzene rings is 1. The lowest BCUT2D eigenvalue weighted by Gasteiger charge is -2.04. The minimum Gasteiger partial charge on any atom is -0.349 e. The number of hydrogen-bond acceptors (Lipinski definition) is 3. The van der Waals surface area contributed by atoms with Crippen LogP contribution in [-0.2, 0) is 0 Å². The van der Waals surface area contributed by atoms with Gasteiger partial charge in [-0.3, -0.25) is 4.79 Å². The van der Waals surface area contributed by atoms with Crippen molar-refractivity contribution in [3.63, 3.8) is 0 Å². The van der Waals surface area contributed by atoms with Crippen LogP contribution in [0.2, 0.25) is 0 Å². The molecule has 1 aromatic heterocycles. The molecule has 1 amide bonds. The van der Waals surface area contributed by atoms with Gasteiger partial charge in [-0.1, -0.05) is 18.2 Å². The molecule has 0 aliphatic heterocycles. The second-order valence-corrected chi connectivity index (χ2v) is 4.22. The van der Waals surface area contributed by atoms with Gasteiger partial charge >= 0.3 is 0 Å². The lowest BCUT2D eigenvalue weighted by Crippen LogP contribution is -2.28. The topological polar surface area (TPSA) is 70.7 Å². The number of hydrogen-bond donors (Lipinski definition) is 1. The van der Waals surface area contributed by atoms with Crippen molar-refractivity contribution < 1.29 is 4.79 Å². The number of para-hydroxylation sites is 1. The molecule has 5 nitrogen and oxygen atoms in total. The molecule has 2 aromatic rings. The van der Waals surface area contributed by atoms with Gasteiger partial charge in [-0.2, -0.15) is 10.4 Å². The zero-order chi connectivity index (χ0) is 13.7. The minimum atomic E-state index is -0.267. The summed E-state index contributed by atoms with van der Waals surface area (Å²) >= 11 is 0. The first-order chi connectivity index (χ1) is 9.20. The Hall–Kier alpha value is -2.61. The second kappa shape index (κ2) is 5.83. The monoisotopic (exact) mass is 254 g/mol. The summed E-state index contributed by atoms with van der Waals surface area (Å²) in [6.45, 7) is 2.08. The summed E-state index contributed by atoms with van der Waals surface area (Å²) in [6, 6.07) is 13.3. The van der Waals surface area contributed by atoms with Crippen molar-refractivity contribution in [3.05, 3.63) is 48.3 Å². The van der Waals surface area contributed by atoms with Crippen LogP contribution in [0.3, 0.4) is 0 Å². The molecule has 0 aliphatic rings. The number of nitrogens with zero attached hydrogens (tertiary/aromatic N) is 3. The van der Waals surface area contributed by atoms with Gasteiger partial charge in [0.15, 0.2) is 5.69 Å². The highest BCUT2D eigenvalue weighted by Gasteiger charge is 2.10. The summed E-state index contributed by atoms with van der Waals surface area (Å²) in [5, 5.41) is 15.5. The van der Waals surface area contributed by atoms with Crippen LogP contribution in [0.15, 0.2) is 42.6 Å². The van der Waals surface area contributed by atoms with E-state index >= 15 is 0 Å². The SMILES string of the molecule is C[C@@H](C#N)CNC(=O)c1ccn(-c2ccccc2)n1. The molecule has 0 unspecified atom stereocenters. The maximum atomic E-state index is 11.8. The van der Waals surface area contributed by atoms with Crippen molar-refractivity contribution in [1.82, 2.24) is 15.1 Å².